The summed E-state index contributed by atoms with van der Waals surface area (Å²) in [6.45, 7) is 0. The molecule has 61 valence electrons. The zero-order chi connectivity index (χ0) is 7.26. The van der Waals surface area contributed by atoms with Gasteiger partial charge < -0.3 is 0 Å². The molecule has 0 saturated carbocycles. The minimum absolute atomic E-state index is 0.890. The molecule has 0 spiro atoms. The van der Waals surface area contributed by atoms with E-state index in [0.29, 0.717) is 0 Å². The van der Waals surface area contributed by atoms with Gasteiger partial charge in [-0.3, -0.25) is 4.90 Å². The Kier molecular flexibility index (Phi) is 1.31. The minimum atomic E-state index is 0.890. The van der Waals surface area contributed by atoms with Gasteiger partial charge in [-0.1, -0.05) is 6.42 Å². The van der Waals surface area contributed by atoms with Gasteiger partial charge in [0.1, 0.15) is 0 Å². The van der Waals surface area contributed by atoms with Crippen molar-refractivity contribution >= 4 is 0 Å². The van der Waals surface area contributed by atoms with Crippen LogP contribution < -0.4 is 0 Å². The molecule has 1 heteroatoms. The Morgan fingerprint density at radius 2 is 1.91 bits per heavy atom. The lowest BCUT2D eigenvalue weighted by Gasteiger charge is -2.35. The lowest BCUT2D eigenvalue weighted by atomic mass is 9.95. The third-order valence-electron chi connectivity index (χ3n) is 3.78. The van der Waals surface area contributed by atoms with Crippen LogP contribution in [0, 0.1) is 6.42 Å². The highest BCUT2D eigenvalue weighted by molar-refractivity contribution is 5.07. The summed E-state index contributed by atoms with van der Waals surface area (Å²) in [4.78, 5) is 2.81. The lowest BCUT2D eigenvalue weighted by molar-refractivity contribution is 0.137. The Hall–Kier alpha value is -0.0400. The average Bonchev–Trinajstić information content (AvgIpc) is 2.60. The summed E-state index contributed by atoms with van der Waals surface area (Å²) in [6.07, 6.45) is 11.4. The van der Waals surface area contributed by atoms with Crippen LogP contribution in [0.1, 0.15) is 38.5 Å². The standard InChI is InChI=1S/C10H16N/c1-2-8-4-6-10-7-5-9(3-1)11(8)10/h4,8-10H,1-3,5-7H2. The second-order valence-corrected chi connectivity index (χ2v) is 4.30. The summed E-state index contributed by atoms with van der Waals surface area (Å²) in [5, 5.41) is 0. The van der Waals surface area contributed by atoms with Crippen molar-refractivity contribution in [2.24, 2.45) is 0 Å². The van der Waals surface area contributed by atoms with Gasteiger partial charge in [0.15, 0.2) is 0 Å². The molecule has 3 unspecified atom stereocenters. The number of nitrogens with zero attached hydrogens (tertiary/aromatic N) is 1. The van der Waals surface area contributed by atoms with Gasteiger partial charge >= 0.3 is 0 Å². The van der Waals surface area contributed by atoms with Crippen molar-refractivity contribution in [3.05, 3.63) is 6.42 Å². The summed E-state index contributed by atoms with van der Waals surface area (Å²) in [7, 11) is 0. The first-order chi connectivity index (χ1) is 5.45. The van der Waals surface area contributed by atoms with Crippen molar-refractivity contribution in [3.63, 3.8) is 0 Å². The number of hydrogen-bond acceptors (Lipinski definition) is 1. The molecular weight excluding hydrogens is 134 g/mol. The van der Waals surface area contributed by atoms with Gasteiger partial charge in [-0.25, -0.2) is 0 Å². The predicted molar refractivity (Wildman–Crippen MR) is 45.2 cm³/mol. The van der Waals surface area contributed by atoms with E-state index in [2.05, 4.69) is 11.3 Å². The van der Waals surface area contributed by atoms with E-state index in [4.69, 9.17) is 0 Å². The maximum absolute atomic E-state index is 2.81. The highest BCUT2D eigenvalue weighted by Gasteiger charge is 2.44. The zero-order valence-electron chi connectivity index (χ0n) is 7.00. The van der Waals surface area contributed by atoms with Crippen LogP contribution in [0.2, 0.25) is 0 Å². The van der Waals surface area contributed by atoms with Crippen LogP contribution >= 0.6 is 0 Å². The van der Waals surface area contributed by atoms with Crippen LogP contribution in [-0.4, -0.2) is 23.0 Å². The van der Waals surface area contributed by atoms with Gasteiger partial charge in [0.05, 0.1) is 0 Å². The van der Waals surface area contributed by atoms with Crippen molar-refractivity contribution < 1.29 is 0 Å². The van der Waals surface area contributed by atoms with E-state index in [1.54, 1.807) is 0 Å². The second-order valence-electron chi connectivity index (χ2n) is 4.30. The van der Waals surface area contributed by atoms with Crippen LogP contribution in [0.3, 0.4) is 0 Å². The number of hydrogen-bond donors (Lipinski definition) is 0. The van der Waals surface area contributed by atoms with Gasteiger partial charge in [-0.15, -0.1) is 0 Å². The molecule has 3 saturated heterocycles. The van der Waals surface area contributed by atoms with Crippen molar-refractivity contribution in [2.75, 3.05) is 0 Å². The van der Waals surface area contributed by atoms with E-state index in [1.165, 1.54) is 38.5 Å². The summed E-state index contributed by atoms with van der Waals surface area (Å²) < 4.78 is 0. The molecule has 0 N–H and O–H groups in total. The van der Waals surface area contributed by atoms with Crippen LogP contribution in [0.4, 0.5) is 0 Å². The van der Waals surface area contributed by atoms with Crippen molar-refractivity contribution in [1.82, 2.24) is 4.90 Å². The minimum Gasteiger partial charge on any atom is -0.294 e. The van der Waals surface area contributed by atoms with Crippen LogP contribution in [0.25, 0.3) is 0 Å². The molecule has 0 amide bonds. The molecule has 0 bridgehead atoms. The fourth-order valence-corrected chi connectivity index (χ4v) is 3.32. The SMILES string of the molecule is [CH]1CC2CCC3CCCC1N23. The highest BCUT2D eigenvalue weighted by Crippen LogP contribution is 2.42. The molecule has 0 aromatic carbocycles. The van der Waals surface area contributed by atoms with Gasteiger partial charge in [-0.05, 0) is 38.5 Å². The Morgan fingerprint density at radius 3 is 2.91 bits per heavy atom. The first kappa shape index (κ1) is 6.47. The molecule has 3 rings (SSSR count). The first-order valence-electron chi connectivity index (χ1n) is 5.06. The fraction of sp³-hybridized carbons (Fsp3) is 0.900. The van der Waals surface area contributed by atoms with E-state index in [-0.39, 0.29) is 0 Å². The highest BCUT2D eigenvalue weighted by atomic mass is 15.3. The van der Waals surface area contributed by atoms with Crippen molar-refractivity contribution in [2.45, 2.75) is 56.7 Å². The van der Waals surface area contributed by atoms with Gasteiger partial charge in [0.25, 0.3) is 0 Å². The molecule has 1 radical (unpaired) electrons. The largest absolute Gasteiger partial charge is 0.294 e. The molecular formula is C10H16N. The first-order valence-corrected chi connectivity index (χ1v) is 5.06. The maximum Gasteiger partial charge on any atom is 0.0133 e. The van der Waals surface area contributed by atoms with Gasteiger partial charge in [0.2, 0.25) is 0 Å². The summed E-state index contributed by atoms with van der Waals surface area (Å²) in [5.41, 5.74) is 0. The van der Waals surface area contributed by atoms with Crippen LogP contribution in [0.15, 0.2) is 0 Å². The molecule has 1 nitrogen and oxygen atoms in total. The average molecular weight is 150 g/mol. The van der Waals surface area contributed by atoms with Gasteiger partial charge in [0, 0.05) is 18.1 Å². The van der Waals surface area contributed by atoms with Crippen molar-refractivity contribution in [1.29, 1.82) is 0 Å². The summed E-state index contributed by atoms with van der Waals surface area (Å²) in [5.74, 6) is 0. The lowest BCUT2D eigenvalue weighted by Crippen LogP contribution is -2.41. The molecule has 0 aliphatic carbocycles. The maximum atomic E-state index is 2.81. The Balaban J connectivity index is 1.88. The predicted octanol–water partition coefficient (Wildman–Crippen LogP) is 1.98. The van der Waals surface area contributed by atoms with E-state index in [1.807, 2.05) is 0 Å². The monoisotopic (exact) mass is 150 g/mol. The Labute approximate surface area is 68.8 Å². The molecule has 3 aliphatic rings. The number of rotatable bonds is 0. The molecule has 0 aromatic heterocycles. The molecule has 3 fully saturated rings. The topological polar surface area (TPSA) is 3.24 Å². The van der Waals surface area contributed by atoms with E-state index >= 15 is 0 Å². The molecule has 11 heavy (non-hydrogen) atoms. The van der Waals surface area contributed by atoms with Crippen LogP contribution in [-0.2, 0) is 0 Å². The van der Waals surface area contributed by atoms with E-state index < -0.39 is 0 Å². The molecule has 3 aliphatic heterocycles. The molecule has 0 aromatic rings. The van der Waals surface area contributed by atoms with E-state index in [0.717, 1.165) is 18.1 Å². The summed E-state index contributed by atoms with van der Waals surface area (Å²) in [6, 6.07) is 2.84. The third kappa shape index (κ3) is 0.807. The normalized spacial score (nSPS) is 49.6. The fourth-order valence-electron chi connectivity index (χ4n) is 3.32. The smallest absolute Gasteiger partial charge is 0.0133 e. The molecule has 3 atom stereocenters. The zero-order valence-corrected chi connectivity index (χ0v) is 7.00. The van der Waals surface area contributed by atoms with Crippen LogP contribution in [0.5, 0.6) is 0 Å². The molecule has 3 heterocycles. The second kappa shape index (κ2) is 2.22. The summed E-state index contributed by atoms with van der Waals surface area (Å²) >= 11 is 0. The third-order valence-corrected chi connectivity index (χ3v) is 3.78. The Bertz CT molecular complexity index is 146. The quantitative estimate of drug-likeness (QED) is 0.510. The van der Waals surface area contributed by atoms with E-state index in [9.17, 15) is 0 Å². The van der Waals surface area contributed by atoms with Gasteiger partial charge in [-0.2, -0.15) is 0 Å². The number of piperidine rings is 1. The van der Waals surface area contributed by atoms with Crippen molar-refractivity contribution in [3.8, 4) is 0 Å². The Morgan fingerprint density at radius 1 is 1.00 bits per heavy atom.